The lowest BCUT2D eigenvalue weighted by molar-refractivity contribution is -0.129. The zero-order chi connectivity index (χ0) is 21.0. The van der Waals surface area contributed by atoms with E-state index in [1.54, 1.807) is 31.2 Å². The first kappa shape index (κ1) is 20.5. The largest absolute Gasteiger partial charge is 0.449 e. The van der Waals surface area contributed by atoms with E-state index in [9.17, 15) is 14.0 Å². The second-order valence-electron chi connectivity index (χ2n) is 6.67. The van der Waals surface area contributed by atoms with Gasteiger partial charge < -0.3 is 19.2 Å². The van der Waals surface area contributed by atoms with Gasteiger partial charge in [0.1, 0.15) is 11.4 Å². The molecule has 1 heterocycles. The van der Waals surface area contributed by atoms with Crippen molar-refractivity contribution >= 4 is 22.8 Å². The Morgan fingerprint density at radius 2 is 1.79 bits per heavy atom. The van der Waals surface area contributed by atoms with E-state index in [4.69, 9.17) is 13.9 Å². The molecular weight excluding hydrogens is 377 g/mol. The Balaban J connectivity index is 1.70. The maximum Gasteiger partial charge on any atom is 0.375 e. The van der Waals surface area contributed by atoms with E-state index in [1.165, 1.54) is 26.2 Å². The Bertz CT molecular complexity index is 1010. The second-order valence-corrected chi connectivity index (χ2v) is 6.67. The Labute approximate surface area is 167 Å². The average Bonchev–Trinajstić information content (AvgIpc) is 3.07. The van der Waals surface area contributed by atoms with Crippen LogP contribution in [0.25, 0.3) is 11.0 Å². The summed E-state index contributed by atoms with van der Waals surface area (Å²) in [5.41, 5.74) is 1.84. The lowest BCUT2D eigenvalue weighted by Crippen LogP contribution is -2.37. The fourth-order valence-corrected chi connectivity index (χ4v) is 2.98. The number of hydrogen-bond acceptors (Lipinski definition) is 5. The molecule has 2 aromatic carbocycles. The number of esters is 1. The molecule has 1 N–H and O–H groups in total. The van der Waals surface area contributed by atoms with Crippen LogP contribution in [0.3, 0.4) is 0 Å². The highest BCUT2D eigenvalue weighted by Gasteiger charge is 2.26. The van der Waals surface area contributed by atoms with Crippen LogP contribution in [0.1, 0.15) is 41.6 Å². The standard InChI is InChI=1S/C22H22FNO5/c1-13(15-8-10-16(23)11-9-15)24-21(25)14(2)28-22(26)20-18(12-27-3)17-6-4-5-7-19(17)29-20/h4-11,13-14H,12H2,1-3H3,(H,24,25)/t13-,14-/m0/s1. The first-order chi connectivity index (χ1) is 13.9. The summed E-state index contributed by atoms with van der Waals surface area (Å²) in [5.74, 6) is -1.56. The Morgan fingerprint density at radius 1 is 1.10 bits per heavy atom. The zero-order valence-corrected chi connectivity index (χ0v) is 16.4. The molecule has 2 atom stereocenters. The van der Waals surface area contributed by atoms with E-state index >= 15 is 0 Å². The average molecular weight is 399 g/mol. The molecule has 0 spiro atoms. The maximum absolute atomic E-state index is 13.0. The highest BCUT2D eigenvalue weighted by Crippen LogP contribution is 2.27. The van der Waals surface area contributed by atoms with Gasteiger partial charge in [-0.25, -0.2) is 9.18 Å². The summed E-state index contributed by atoms with van der Waals surface area (Å²) in [6.07, 6.45) is -1.05. The second kappa shape index (κ2) is 8.87. The zero-order valence-electron chi connectivity index (χ0n) is 16.4. The van der Waals surface area contributed by atoms with Crippen LogP contribution in [-0.2, 0) is 20.9 Å². The highest BCUT2D eigenvalue weighted by atomic mass is 19.1. The monoisotopic (exact) mass is 399 g/mol. The van der Waals surface area contributed by atoms with E-state index in [-0.39, 0.29) is 24.2 Å². The number of methoxy groups -OCH3 is 1. The molecule has 0 aliphatic rings. The molecule has 152 valence electrons. The molecule has 29 heavy (non-hydrogen) atoms. The normalized spacial score (nSPS) is 13.1. The quantitative estimate of drug-likeness (QED) is 0.604. The molecule has 1 aromatic heterocycles. The van der Waals surface area contributed by atoms with Gasteiger partial charge in [0.2, 0.25) is 5.76 Å². The number of carbonyl (C=O) groups excluding carboxylic acids is 2. The lowest BCUT2D eigenvalue weighted by atomic mass is 10.1. The minimum Gasteiger partial charge on any atom is -0.449 e. The van der Waals surface area contributed by atoms with Crippen molar-refractivity contribution in [2.24, 2.45) is 0 Å². The summed E-state index contributed by atoms with van der Waals surface area (Å²) in [6.45, 7) is 3.41. The number of carbonyl (C=O) groups is 2. The molecule has 7 heteroatoms. The van der Waals surface area contributed by atoms with Gasteiger partial charge in [-0.05, 0) is 37.6 Å². The van der Waals surface area contributed by atoms with Crippen molar-refractivity contribution in [1.82, 2.24) is 5.32 Å². The predicted molar refractivity (Wildman–Crippen MR) is 105 cm³/mol. The summed E-state index contributed by atoms with van der Waals surface area (Å²) in [5, 5.41) is 3.50. The van der Waals surface area contributed by atoms with E-state index in [1.807, 2.05) is 12.1 Å². The number of para-hydroxylation sites is 1. The number of furan rings is 1. The van der Waals surface area contributed by atoms with Crippen LogP contribution >= 0.6 is 0 Å². The molecule has 1 amide bonds. The van der Waals surface area contributed by atoms with Crippen LogP contribution in [0.15, 0.2) is 52.9 Å². The van der Waals surface area contributed by atoms with Crippen LogP contribution in [0.4, 0.5) is 4.39 Å². The van der Waals surface area contributed by atoms with Gasteiger partial charge in [-0.15, -0.1) is 0 Å². The van der Waals surface area contributed by atoms with Crippen LogP contribution < -0.4 is 5.32 Å². The minimum absolute atomic E-state index is 0.0132. The third kappa shape index (κ3) is 4.63. The third-order valence-corrected chi connectivity index (χ3v) is 4.55. The Hall–Kier alpha value is -3.19. The molecule has 0 saturated carbocycles. The summed E-state index contributed by atoms with van der Waals surface area (Å²) < 4.78 is 29.2. The smallest absolute Gasteiger partial charge is 0.375 e. The van der Waals surface area contributed by atoms with E-state index < -0.39 is 18.0 Å². The molecule has 0 aliphatic heterocycles. The molecule has 0 fully saturated rings. The predicted octanol–water partition coefficient (Wildman–Crippen LogP) is 4.14. The van der Waals surface area contributed by atoms with Crippen LogP contribution in [0, 0.1) is 5.82 Å². The number of benzene rings is 2. The van der Waals surface area contributed by atoms with E-state index in [0.717, 1.165) is 10.9 Å². The highest BCUT2D eigenvalue weighted by molar-refractivity contribution is 5.97. The number of rotatable bonds is 7. The van der Waals surface area contributed by atoms with Crippen LogP contribution in [0.5, 0.6) is 0 Å². The summed E-state index contributed by atoms with van der Waals surface area (Å²) in [4.78, 5) is 25.1. The number of nitrogens with one attached hydrogen (secondary N) is 1. The number of halogens is 1. The molecule has 0 unspecified atom stereocenters. The van der Waals surface area contributed by atoms with Crippen LogP contribution in [-0.4, -0.2) is 25.1 Å². The number of fused-ring (bicyclic) bond motifs is 1. The fourth-order valence-electron chi connectivity index (χ4n) is 2.98. The molecule has 3 aromatic rings. The maximum atomic E-state index is 13.0. The van der Waals surface area contributed by atoms with Gasteiger partial charge >= 0.3 is 5.97 Å². The van der Waals surface area contributed by atoms with Crippen LogP contribution in [0.2, 0.25) is 0 Å². The summed E-state index contributed by atoms with van der Waals surface area (Å²) in [6, 6.07) is 12.6. The van der Waals surface area contributed by atoms with Gasteiger partial charge in [0.15, 0.2) is 6.10 Å². The fraction of sp³-hybridized carbons (Fsp3) is 0.273. The van der Waals surface area contributed by atoms with Crippen molar-refractivity contribution in [3.05, 3.63) is 71.2 Å². The SMILES string of the molecule is COCc1c(C(=O)O[C@@H](C)C(=O)N[C@@H](C)c2ccc(F)cc2)oc2ccccc12. The summed E-state index contributed by atoms with van der Waals surface area (Å²) in [7, 11) is 1.52. The van der Waals surface area contributed by atoms with Crippen molar-refractivity contribution in [1.29, 1.82) is 0 Å². The third-order valence-electron chi connectivity index (χ3n) is 4.55. The van der Waals surface area contributed by atoms with Crippen molar-refractivity contribution in [2.75, 3.05) is 7.11 Å². The molecule has 0 bridgehead atoms. The Kier molecular flexibility index (Phi) is 6.29. The number of hydrogen-bond donors (Lipinski definition) is 1. The number of amides is 1. The van der Waals surface area contributed by atoms with Gasteiger partial charge in [-0.1, -0.05) is 30.3 Å². The molecular formula is C22H22FNO5. The van der Waals surface area contributed by atoms with E-state index in [0.29, 0.717) is 11.1 Å². The van der Waals surface area contributed by atoms with E-state index in [2.05, 4.69) is 5.32 Å². The number of ether oxygens (including phenoxy) is 2. The van der Waals surface area contributed by atoms with Crippen molar-refractivity contribution in [3.63, 3.8) is 0 Å². The summed E-state index contributed by atoms with van der Waals surface area (Å²) >= 11 is 0. The van der Waals surface area contributed by atoms with Gasteiger partial charge in [0, 0.05) is 18.1 Å². The molecule has 3 rings (SSSR count). The van der Waals surface area contributed by atoms with Crippen molar-refractivity contribution in [3.8, 4) is 0 Å². The van der Waals surface area contributed by atoms with Gasteiger partial charge in [0.05, 0.1) is 12.6 Å². The first-order valence-electron chi connectivity index (χ1n) is 9.17. The van der Waals surface area contributed by atoms with Gasteiger partial charge in [0.25, 0.3) is 5.91 Å². The Morgan fingerprint density at radius 3 is 2.48 bits per heavy atom. The van der Waals surface area contributed by atoms with Gasteiger partial charge in [-0.3, -0.25) is 4.79 Å². The molecule has 6 nitrogen and oxygen atoms in total. The lowest BCUT2D eigenvalue weighted by Gasteiger charge is -2.18. The first-order valence-corrected chi connectivity index (χ1v) is 9.17. The van der Waals surface area contributed by atoms with Crippen molar-refractivity contribution in [2.45, 2.75) is 32.6 Å². The minimum atomic E-state index is -1.05. The molecule has 0 saturated heterocycles. The topological polar surface area (TPSA) is 77.8 Å². The van der Waals surface area contributed by atoms with Crippen molar-refractivity contribution < 1.29 is 27.9 Å². The molecule has 0 radical (unpaired) electrons. The van der Waals surface area contributed by atoms with Gasteiger partial charge in [-0.2, -0.15) is 0 Å². The molecule has 0 aliphatic carbocycles.